The Hall–Kier alpha value is -0.130. The molecule has 0 aliphatic rings. The Balaban J connectivity index is 4.44. The maximum atomic E-state index is 11.0. The lowest BCUT2D eigenvalue weighted by molar-refractivity contribution is 0.329. The number of nitrogens with two attached hydrogens (primary N) is 1. The van der Waals surface area contributed by atoms with E-state index in [4.69, 9.17) is 5.14 Å². The SMILES string of the molecule is CCCN(C(C)CC)S(N)(=O)=O. The van der Waals surface area contributed by atoms with Crippen molar-refractivity contribution in [3.8, 4) is 0 Å². The van der Waals surface area contributed by atoms with Gasteiger partial charge in [0.25, 0.3) is 10.2 Å². The van der Waals surface area contributed by atoms with Gasteiger partial charge in [0.2, 0.25) is 0 Å². The zero-order valence-electron chi connectivity index (χ0n) is 7.95. The smallest absolute Gasteiger partial charge is 0.216 e. The summed E-state index contributed by atoms with van der Waals surface area (Å²) in [7, 11) is -3.51. The fourth-order valence-corrected chi connectivity index (χ4v) is 2.11. The lowest BCUT2D eigenvalue weighted by atomic mass is 10.2. The lowest BCUT2D eigenvalue weighted by Gasteiger charge is -2.24. The predicted octanol–water partition coefficient (Wildman–Crippen LogP) is 0.700. The lowest BCUT2D eigenvalue weighted by Crippen LogP contribution is -2.42. The summed E-state index contributed by atoms with van der Waals surface area (Å²) in [5, 5.41) is 5.04. The van der Waals surface area contributed by atoms with E-state index in [1.165, 1.54) is 4.31 Å². The van der Waals surface area contributed by atoms with Gasteiger partial charge in [-0.15, -0.1) is 0 Å². The normalized spacial score (nSPS) is 15.1. The first-order chi connectivity index (χ1) is 5.43. The minimum absolute atomic E-state index is 0.0000463. The molecular weight excluding hydrogens is 176 g/mol. The number of hydrogen-bond donors (Lipinski definition) is 1. The molecule has 0 fully saturated rings. The molecule has 0 aromatic rings. The molecular formula is C7H18N2O2S. The highest BCUT2D eigenvalue weighted by Gasteiger charge is 2.20. The van der Waals surface area contributed by atoms with Gasteiger partial charge in [-0.1, -0.05) is 13.8 Å². The molecule has 12 heavy (non-hydrogen) atoms. The van der Waals surface area contributed by atoms with Crippen molar-refractivity contribution in [3.05, 3.63) is 0 Å². The topological polar surface area (TPSA) is 63.4 Å². The third kappa shape index (κ3) is 3.51. The van der Waals surface area contributed by atoms with Crippen LogP contribution in [0.1, 0.15) is 33.6 Å². The molecule has 0 aliphatic heterocycles. The molecule has 1 atom stereocenters. The van der Waals surface area contributed by atoms with Gasteiger partial charge in [-0.05, 0) is 19.8 Å². The van der Waals surface area contributed by atoms with Crippen molar-refractivity contribution in [2.24, 2.45) is 5.14 Å². The van der Waals surface area contributed by atoms with Crippen molar-refractivity contribution >= 4 is 10.2 Å². The summed E-state index contributed by atoms with van der Waals surface area (Å²) in [6.45, 7) is 6.24. The quantitative estimate of drug-likeness (QED) is 0.700. The van der Waals surface area contributed by atoms with Crippen molar-refractivity contribution in [2.75, 3.05) is 6.54 Å². The summed E-state index contributed by atoms with van der Waals surface area (Å²) in [5.74, 6) is 0. The van der Waals surface area contributed by atoms with Crippen LogP contribution < -0.4 is 5.14 Å². The third-order valence-electron chi connectivity index (χ3n) is 1.85. The second-order valence-corrected chi connectivity index (χ2v) is 4.41. The van der Waals surface area contributed by atoms with Gasteiger partial charge in [-0.25, -0.2) is 5.14 Å². The van der Waals surface area contributed by atoms with E-state index >= 15 is 0 Å². The molecule has 0 heterocycles. The molecule has 0 radical (unpaired) electrons. The second-order valence-electron chi connectivity index (χ2n) is 2.91. The number of nitrogens with zero attached hydrogens (tertiary/aromatic N) is 1. The van der Waals surface area contributed by atoms with Crippen LogP contribution in [0.25, 0.3) is 0 Å². The van der Waals surface area contributed by atoms with E-state index in [-0.39, 0.29) is 6.04 Å². The Morgan fingerprint density at radius 3 is 2.17 bits per heavy atom. The average Bonchev–Trinajstić information content (AvgIpc) is 1.96. The van der Waals surface area contributed by atoms with Crippen LogP contribution in [0.4, 0.5) is 0 Å². The molecule has 0 rings (SSSR count). The van der Waals surface area contributed by atoms with Crippen LogP contribution in [0, 0.1) is 0 Å². The summed E-state index contributed by atoms with van der Waals surface area (Å²) in [6.07, 6.45) is 1.58. The van der Waals surface area contributed by atoms with Crippen molar-refractivity contribution in [1.29, 1.82) is 0 Å². The van der Waals surface area contributed by atoms with Crippen molar-refractivity contribution in [2.45, 2.75) is 39.7 Å². The molecule has 4 nitrogen and oxygen atoms in total. The van der Waals surface area contributed by atoms with Crippen LogP contribution in [0.3, 0.4) is 0 Å². The molecule has 74 valence electrons. The largest absolute Gasteiger partial charge is 0.277 e. The average molecular weight is 194 g/mol. The fourth-order valence-electron chi connectivity index (χ4n) is 1.02. The first-order valence-electron chi connectivity index (χ1n) is 4.23. The Morgan fingerprint density at radius 1 is 1.42 bits per heavy atom. The van der Waals surface area contributed by atoms with E-state index in [2.05, 4.69) is 0 Å². The second kappa shape index (κ2) is 4.79. The van der Waals surface area contributed by atoms with Crippen LogP contribution in [-0.4, -0.2) is 25.3 Å². The van der Waals surface area contributed by atoms with Crippen LogP contribution in [0.5, 0.6) is 0 Å². The Bertz CT molecular complexity index is 213. The summed E-state index contributed by atoms with van der Waals surface area (Å²) in [5.41, 5.74) is 0. The maximum absolute atomic E-state index is 11.0. The first-order valence-corrected chi connectivity index (χ1v) is 5.73. The zero-order chi connectivity index (χ0) is 9.78. The van der Waals surface area contributed by atoms with E-state index in [9.17, 15) is 8.42 Å². The van der Waals surface area contributed by atoms with Gasteiger partial charge in [0.1, 0.15) is 0 Å². The maximum Gasteiger partial charge on any atom is 0.277 e. The summed E-state index contributed by atoms with van der Waals surface area (Å²) in [6, 6.07) is -0.0000463. The minimum Gasteiger partial charge on any atom is -0.216 e. The molecule has 1 unspecified atom stereocenters. The van der Waals surface area contributed by atoms with Crippen molar-refractivity contribution in [3.63, 3.8) is 0 Å². The Morgan fingerprint density at radius 2 is 1.92 bits per heavy atom. The Labute approximate surface area is 74.9 Å². The van der Waals surface area contributed by atoms with Gasteiger partial charge in [0, 0.05) is 12.6 Å². The monoisotopic (exact) mass is 194 g/mol. The van der Waals surface area contributed by atoms with Crippen LogP contribution in [0.2, 0.25) is 0 Å². The van der Waals surface area contributed by atoms with Gasteiger partial charge in [-0.2, -0.15) is 12.7 Å². The molecule has 0 aromatic carbocycles. The highest BCUT2D eigenvalue weighted by molar-refractivity contribution is 7.86. The summed E-state index contributed by atoms with van der Waals surface area (Å²) < 4.78 is 23.4. The Kier molecular flexibility index (Phi) is 4.74. The standard InChI is InChI=1S/C7H18N2O2S/c1-4-6-9(7(3)5-2)12(8,10)11/h7H,4-6H2,1-3H3,(H2,8,10,11). The summed E-state index contributed by atoms with van der Waals surface area (Å²) >= 11 is 0. The van der Waals surface area contributed by atoms with Crippen LogP contribution in [-0.2, 0) is 10.2 Å². The highest BCUT2D eigenvalue weighted by Crippen LogP contribution is 2.07. The van der Waals surface area contributed by atoms with E-state index in [1.54, 1.807) is 0 Å². The molecule has 5 heteroatoms. The molecule has 0 aliphatic carbocycles. The molecule has 0 amide bonds. The van der Waals surface area contributed by atoms with Crippen molar-refractivity contribution < 1.29 is 8.42 Å². The van der Waals surface area contributed by atoms with Gasteiger partial charge in [-0.3, -0.25) is 0 Å². The number of hydrogen-bond acceptors (Lipinski definition) is 2. The van der Waals surface area contributed by atoms with Gasteiger partial charge < -0.3 is 0 Å². The molecule has 0 bridgehead atoms. The highest BCUT2D eigenvalue weighted by atomic mass is 32.2. The molecule has 0 saturated carbocycles. The van der Waals surface area contributed by atoms with Crippen molar-refractivity contribution in [1.82, 2.24) is 4.31 Å². The fraction of sp³-hybridized carbons (Fsp3) is 1.00. The van der Waals surface area contributed by atoms with E-state index in [0.29, 0.717) is 6.54 Å². The van der Waals surface area contributed by atoms with Gasteiger partial charge >= 0.3 is 0 Å². The van der Waals surface area contributed by atoms with E-state index < -0.39 is 10.2 Å². The zero-order valence-corrected chi connectivity index (χ0v) is 8.76. The minimum atomic E-state index is -3.51. The molecule has 0 spiro atoms. The summed E-state index contributed by atoms with van der Waals surface area (Å²) in [4.78, 5) is 0. The van der Waals surface area contributed by atoms with Gasteiger partial charge in [0.15, 0.2) is 0 Å². The van der Waals surface area contributed by atoms with Crippen LogP contribution >= 0.6 is 0 Å². The molecule has 0 aromatic heterocycles. The van der Waals surface area contributed by atoms with E-state index in [0.717, 1.165) is 12.8 Å². The molecule has 0 saturated heterocycles. The van der Waals surface area contributed by atoms with Crippen LogP contribution in [0.15, 0.2) is 0 Å². The number of rotatable bonds is 5. The third-order valence-corrected chi connectivity index (χ3v) is 3.05. The molecule has 2 N–H and O–H groups in total. The predicted molar refractivity (Wildman–Crippen MR) is 49.9 cm³/mol. The van der Waals surface area contributed by atoms with Gasteiger partial charge in [0.05, 0.1) is 0 Å². The first kappa shape index (κ1) is 11.9. The van der Waals surface area contributed by atoms with E-state index in [1.807, 2.05) is 20.8 Å².